The van der Waals surface area contributed by atoms with Crippen LogP contribution in [0, 0.1) is 5.82 Å². The topological polar surface area (TPSA) is 69.2 Å². The number of carbonyl (C=O) groups excluding carboxylic acids is 1. The Bertz CT molecular complexity index is 1130. The van der Waals surface area contributed by atoms with Gasteiger partial charge in [-0.25, -0.2) is 4.39 Å². The summed E-state index contributed by atoms with van der Waals surface area (Å²) in [5, 5.41) is 7.09. The summed E-state index contributed by atoms with van der Waals surface area (Å²) >= 11 is 9.28. The summed E-state index contributed by atoms with van der Waals surface area (Å²) in [4.78, 5) is 17.0. The van der Waals surface area contributed by atoms with Gasteiger partial charge in [0.1, 0.15) is 12.4 Å². The maximum Gasteiger partial charge on any atom is 0.265 e. The third kappa shape index (κ3) is 7.47. The molecular weight excluding hydrogens is 515 g/mol. The van der Waals surface area contributed by atoms with Crippen molar-refractivity contribution in [2.75, 3.05) is 18.5 Å². The second-order valence-corrected chi connectivity index (χ2v) is 8.00. The van der Waals surface area contributed by atoms with Crippen molar-refractivity contribution in [2.45, 2.75) is 13.5 Å². The highest BCUT2D eigenvalue weighted by Crippen LogP contribution is 2.37. The maximum atomic E-state index is 13.9. The van der Waals surface area contributed by atoms with Crippen molar-refractivity contribution in [3.05, 3.63) is 87.1 Å². The average molecular weight is 536 g/mol. The summed E-state index contributed by atoms with van der Waals surface area (Å²) in [5.41, 5.74) is 1.69. The molecular formula is C24H21BrClFN2O4. The molecule has 1 N–H and O–H groups in total. The smallest absolute Gasteiger partial charge is 0.265 e. The first-order valence-electron chi connectivity index (χ1n) is 9.99. The van der Waals surface area contributed by atoms with Gasteiger partial charge in [0.05, 0.1) is 17.3 Å². The number of halogens is 3. The van der Waals surface area contributed by atoms with Crippen LogP contribution < -0.4 is 14.8 Å². The standard InChI is InChI=1S/C24H21BrClFN2O4/c1-2-31-22-12-16(11-20(25)24(22)32-14-17-5-3-4-6-21(17)27)13-28-33-15-23(30)29-19-9-7-18(26)8-10-19/h3-13H,2,14-15H2,1H3,(H,29,30)/b28-13+. The van der Waals surface area contributed by atoms with Gasteiger partial charge in [0.25, 0.3) is 5.91 Å². The Kier molecular flexibility index (Phi) is 9.09. The summed E-state index contributed by atoms with van der Waals surface area (Å²) in [6, 6.07) is 16.6. The summed E-state index contributed by atoms with van der Waals surface area (Å²) < 4.78 is 26.0. The summed E-state index contributed by atoms with van der Waals surface area (Å²) in [7, 11) is 0. The van der Waals surface area contributed by atoms with Gasteiger partial charge in [0, 0.05) is 21.8 Å². The van der Waals surface area contributed by atoms with Crippen molar-refractivity contribution in [1.82, 2.24) is 0 Å². The van der Waals surface area contributed by atoms with Crippen LogP contribution in [0.3, 0.4) is 0 Å². The van der Waals surface area contributed by atoms with E-state index in [0.29, 0.717) is 44.4 Å². The van der Waals surface area contributed by atoms with Crippen LogP contribution in [-0.4, -0.2) is 25.3 Å². The molecule has 0 aromatic heterocycles. The van der Waals surface area contributed by atoms with Crippen LogP contribution in [0.15, 0.2) is 70.3 Å². The van der Waals surface area contributed by atoms with E-state index in [0.717, 1.165) is 0 Å². The molecule has 0 radical (unpaired) electrons. The van der Waals surface area contributed by atoms with Crippen molar-refractivity contribution in [1.29, 1.82) is 0 Å². The molecule has 0 aliphatic heterocycles. The second kappa shape index (κ2) is 12.2. The molecule has 0 bridgehead atoms. The lowest BCUT2D eigenvalue weighted by Gasteiger charge is -2.15. The molecule has 3 aromatic rings. The Hall–Kier alpha value is -3.10. The molecule has 0 aliphatic carbocycles. The lowest BCUT2D eigenvalue weighted by atomic mass is 10.2. The van der Waals surface area contributed by atoms with Crippen molar-refractivity contribution >= 4 is 45.3 Å². The summed E-state index contributed by atoms with van der Waals surface area (Å²) in [5.74, 6) is 0.209. The van der Waals surface area contributed by atoms with Crippen LogP contribution in [0.4, 0.5) is 10.1 Å². The van der Waals surface area contributed by atoms with Gasteiger partial charge in [-0.15, -0.1) is 0 Å². The third-order valence-corrected chi connectivity index (χ3v) is 5.10. The number of nitrogens with zero attached hydrogens (tertiary/aromatic N) is 1. The molecule has 0 aliphatic rings. The van der Waals surface area contributed by atoms with Crippen LogP contribution >= 0.6 is 27.5 Å². The highest BCUT2D eigenvalue weighted by atomic mass is 79.9. The van der Waals surface area contributed by atoms with Gasteiger partial charge in [0.2, 0.25) is 0 Å². The number of amides is 1. The van der Waals surface area contributed by atoms with Crippen molar-refractivity contribution < 1.29 is 23.5 Å². The fraction of sp³-hybridized carbons (Fsp3) is 0.167. The Morgan fingerprint density at radius 2 is 1.91 bits per heavy atom. The van der Waals surface area contributed by atoms with E-state index < -0.39 is 0 Å². The zero-order valence-corrected chi connectivity index (χ0v) is 20.0. The first-order chi connectivity index (χ1) is 16.0. The number of oxime groups is 1. The van der Waals surface area contributed by atoms with Crippen LogP contribution in [-0.2, 0) is 16.2 Å². The van der Waals surface area contributed by atoms with Crippen LogP contribution in [0.1, 0.15) is 18.1 Å². The van der Waals surface area contributed by atoms with Gasteiger partial charge < -0.3 is 19.6 Å². The highest BCUT2D eigenvalue weighted by molar-refractivity contribution is 9.10. The lowest BCUT2D eigenvalue weighted by Crippen LogP contribution is -2.16. The fourth-order valence-electron chi connectivity index (χ4n) is 2.76. The first kappa shape index (κ1) is 24.5. The van der Waals surface area contributed by atoms with Gasteiger partial charge in [-0.2, -0.15) is 0 Å². The van der Waals surface area contributed by atoms with Gasteiger partial charge in [-0.3, -0.25) is 4.79 Å². The normalized spacial score (nSPS) is 10.8. The van der Waals surface area contributed by atoms with Crippen molar-refractivity contribution in [2.24, 2.45) is 5.16 Å². The molecule has 3 aromatic carbocycles. The molecule has 0 saturated heterocycles. The molecule has 0 heterocycles. The van der Waals surface area contributed by atoms with Crippen molar-refractivity contribution in [3.8, 4) is 11.5 Å². The Labute approximate surface area is 204 Å². The SMILES string of the molecule is CCOc1cc(/C=N/OCC(=O)Nc2ccc(Cl)cc2)cc(Br)c1OCc1ccccc1F. The Morgan fingerprint density at radius 3 is 2.64 bits per heavy atom. The highest BCUT2D eigenvalue weighted by Gasteiger charge is 2.13. The predicted octanol–water partition coefficient (Wildman–Crippen LogP) is 6.21. The number of nitrogens with one attached hydrogen (secondary N) is 1. The molecule has 172 valence electrons. The minimum Gasteiger partial charge on any atom is -0.490 e. The average Bonchev–Trinajstić information content (AvgIpc) is 2.79. The van der Waals surface area contributed by atoms with E-state index in [4.69, 9.17) is 25.9 Å². The number of anilines is 1. The monoisotopic (exact) mass is 534 g/mol. The second-order valence-electron chi connectivity index (χ2n) is 6.71. The third-order valence-electron chi connectivity index (χ3n) is 4.26. The summed E-state index contributed by atoms with van der Waals surface area (Å²) in [6.07, 6.45) is 1.45. The number of benzene rings is 3. The fourth-order valence-corrected chi connectivity index (χ4v) is 3.46. The van der Waals surface area contributed by atoms with Gasteiger partial charge >= 0.3 is 0 Å². The molecule has 6 nitrogen and oxygen atoms in total. The van der Waals surface area contributed by atoms with E-state index in [1.54, 1.807) is 54.6 Å². The molecule has 0 fully saturated rings. The molecule has 0 unspecified atom stereocenters. The minimum atomic E-state index is -0.359. The molecule has 33 heavy (non-hydrogen) atoms. The predicted molar refractivity (Wildman–Crippen MR) is 130 cm³/mol. The van der Waals surface area contributed by atoms with Gasteiger partial charge in [-0.05, 0) is 65.3 Å². The maximum absolute atomic E-state index is 13.9. The Balaban J connectivity index is 1.60. The quantitative estimate of drug-likeness (QED) is 0.248. The van der Waals surface area contributed by atoms with Gasteiger partial charge in [-0.1, -0.05) is 35.0 Å². The number of hydrogen-bond donors (Lipinski definition) is 1. The van der Waals surface area contributed by atoms with Crippen molar-refractivity contribution in [3.63, 3.8) is 0 Å². The van der Waals surface area contributed by atoms with Crippen LogP contribution in [0.25, 0.3) is 0 Å². The van der Waals surface area contributed by atoms with E-state index in [9.17, 15) is 9.18 Å². The number of carbonyl (C=O) groups is 1. The number of rotatable bonds is 10. The molecule has 0 atom stereocenters. The lowest BCUT2D eigenvalue weighted by molar-refractivity contribution is -0.120. The molecule has 0 spiro atoms. The number of ether oxygens (including phenoxy) is 2. The van der Waals surface area contributed by atoms with E-state index in [1.807, 2.05) is 6.92 Å². The van der Waals surface area contributed by atoms with E-state index in [2.05, 4.69) is 26.4 Å². The van der Waals surface area contributed by atoms with Crippen LogP contribution in [0.2, 0.25) is 5.02 Å². The van der Waals surface area contributed by atoms with E-state index in [-0.39, 0.29) is 24.9 Å². The molecule has 1 amide bonds. The summed E-state index contributed by atoms with van der Waals surface area (Å²) in [6.45, 7) is 2.04. The Morgan fingerprint density at radius 1 is 1.15 bits per heavy atom. The van der Waals surface area contributed by atoms with Gasteiger partial charge in [0.15, 0.2) is 18.1 Å². The van der Waals surface area contributed by atoms with Crippen LogP contribution in [0.5, 0.6) is 11.5 Å². The minimum absolute atomic E-state index is 0.0463. The zero-order valence-electron chi connectivity index (χ0n) is 17.7. The number of hydrogen-bond acceptors (Lipinski definition) is 5. The largest absolute Gasteiger partial charge is 0.490 e. The molecule has 3 rings (SSSR count). The molecule has 9 heteroatoms. The first-order valence-corrected chi connectivity index (χ1v) is 11.2. The molecule has 0 saturated carbocycles. The van der Waals surface area contributed by atoms with E-state index >= 15 is 0 Å². The zero-order chi connectivity index (χ0) is 23.6. The van der Waals surface area contributed by atoms with E-state index in [1.165, 1.54) is 12.3 Å².